The Balaban J connectivity index is 2.55. The van der Waals surface area contributed by atoms with Gasteiger partial charge in [0.05, 0.1) is 6.42 Å². The molecule has 3 heteroatoms. The predicted octanol–water partition coefficient (Wildman–Crippen LogP) is 2.12. The summed E-state index contributed by atoms with van der Waals surface area (Å²) >= 11 is 0. The zero-order valence-electron chi connectivity index (χ0n) is 9.99. The minimum Gasteiger partial charge on any atom is -0.398 e. The standard InChI is InChI=1S/C13H20N2O/c1-3-11(4-2)15-13(16)9-10-7-5-6-8-12(10)14/h5-8,11H,3-4,9,14H2,1-2H3,(H,15,16). The Morgan fingerprint density at radius 3 is 2.50 bits per heavy atom. The van der Waals surface area contributed by atoms with Crippen LogP contribution in [0.15, 0.2) is 24.3 Å². The maximum Gasteiger partial charge on any atom is 0.224 e. The van der Waals surface area contributed by atoms with Gasteiger partial charge < -0.3 is 11.1 Å². The molecule has 0 unspecified atom stereocenters. The van der Waals surface area contributed by atoms with Gasteiger partial charge in [0, 0.05) is 11.7 Å². The fourth-order valence-corrected chi connectivity index (χ4v) is 1.64. The van der Waals surface area contributed by atoms with Gasteiger partial charge >= 0.3 is 0 Å². The molecular weight excluding hydrogens is 200 g/mol. The van der Waals surface area contributed by atoms with Crippen LogP contribution in [-0.2, 0) is 11.2 Å². The molecule has 0 saturated heterocycles. The van der Waals surface area contributed by atoms with Gasteiger partial charge in [-0.1, -0.05) is 32.0 Å². The van der Waals surface area contributed by atoms with Crippen molar-refractivity contribution in [3.05, 3.63) is 29.8 Å². The Labute approximate surface area is 97.0 Å². The first-order valence-corrected chi connectivity index (χ1v) is 5.80. The van der Waals surface area contributed by atoms with E-state index in [4.69, 9.17) is 5.73 Å². The molecule has 1 rings (SSSR count). The Kier molecular flexibility index (Phi) is 4.83. The van der Waals surface area contributed by atoms with E-state index >= 15 is 0 Å². The van der Waals surface area contributed by atoms with E-state index in [9.17, 15) is 4.79 Å². The third-order valence-corrected chi connectivity index (χ3v) is 2.76. The smallest absolute Gasteiger partial charge is 0.224 e. The van der Waals surface area contributed by atoms with Crippen molar-refractivity contribution in [1.29, 1.82) is 0 Å². The monoisotopic (exact) mass is 220 g/mol. The highest BCUT2D eigenvalue weighted by Gasteiger charge is 2.09. The molecule has 0 atom stereocenters. The third-order valence-electron chi connectivity index (χ3n) is 2.76. The van der Waals surface area contributed by atoms with Crippen molar-refractivity contribution in [1.82, 2.24) is 5.32 Å². The molecule has 16 heavy (non-hydrogen) atoms. The molecule has 0 saturated carbocycles. The van der Waals surface area contributed by atoms with Crippen LogP contribution in [0.1, 0.15) is 32.3 Å². The zero-order valence-corrected chi connectivity index (χ0v) is 9.99. The summed E-state index contributed by atoms with van der Waals surface area (Å²) in [6.45, 7) is 4.15. The largest absolute Gasteiger partial charge is 0.398 e. The lowest BCUT2D eigenvalue weighted by Crippen LogP contribution is -2.35. The highest BCUT2D eigenvalue weighted by molar-refractivity contribution is 5.80. The number of anilines is 1. The second kappa shape index (κ2) is 6.16. The Hall–Kier alpha value is -1.51. The molecule has 0 aliphatic carbocycles. The molecule has 0 fully saturated rings. The molecular formula is C13H20N2O. The summed E-state index contributed by atoms with van der Waals surface area (Å²) < 4.78 is 0. The number of hydrogen-bond donors (Lipinski definition) is 2. The number of rotatable bonds is 5. The van der Waals surface area contributed by atoms with Crippen molar-refractivity contribution in [3.63, 3.8) is 0 Å². The topological polar surface area (TPSA) is 55.1 Å². The van der Waals surface area contributed by atoms with E-state index in [0.29, 0.717) is 12.1 Å². The lowest BCUT2D eigenvalue weighted by Gasteiger charge is -2.15. The van der Waals surface area contributed by atoms with Crippen molar-refractivity contribution >= 4 is 11.6 Å². The summed E-state index contributed by atoms with van der Waals surface area (Å²) in [4.78, 5) is 11.7. The second-order valence-corrected chi connectivity index (χ2v) is 3.96. The molecule has 0 aliphatic rings. The number of nitrogen functional groups attached to an aromatic ring is 1. The van der Waals surface area contributed by atoms with E-state index in [2.05, 4.69) is 19.2 Å². The summed E-state index contributed by atoms with van der Waals surface area (Å²) in [6, 6.07) is 7.76. The molecule has 1 amide bonds. The number of carbonyl (C=O) groups excluding carboxylic acids is 1. The van der Waals surface area contributed by atoms with Crippen LogP contribution in [0.25, 0.3) is 0 Å². The maximum atomic E-state index is 11.7. The fraction of sp³-hybridized carbons (Fsp3) is 0.462. The van der Waals surface area contributed by atoms with E-state index in [1.165, 1.54) is 0 Å². The van der Waals surface area contributed by atoms with Gasteiger partial charge in [-0.15, -0.1) is 0 Å². The van der Waals surface area contributed by atoms with E-state index < -0.39 is 0 Å². The highest BCUT2D eigenvalue weighted by Crippen LogP contribution is 2.11. The summed E-state index contributed by atoms with van der Waals surface area (Å²) in [5, 5.41) is 3.00. The first-order chi connectivity index (χ1) is 7.67. The summed E-state index contributed by atoms with van der Waals surface area (Å²) in [6.07, 6.45) is 2.29. The van der Waals surface area contributed by atoms with Crippen LogP contribution in [0.2, 0.25) is 0 Å². The van der Waals surface area contributed by atoms with Crippen molar-refractivity contribution in [3.8, 4) is 0 Å². The molecule has 0 aromatic heterocycles. The van der Waals surface area contributed by atoms with E-state index in [-0.39, 0.29) is 11.9 Å². The molecule has 3 nitrogen and oxygen atoms in total. The van der Waals surface area contributed by atoms with Gasteiger partial charge in [0.1, 0.15) is 0 Å². The molecule has 88 valence electrons. The van der Waals surface area contributed by atoms with E-state index in [0.717, 1.165) is 18.4 Å². The molecule has 3 N–H and O–H groups in total. The van der Waals surface area contributed by atoms with Crippen molar-refractivity contribution in [2.24, 2.45) is 0 Å². The normalized spacial score (nSPS) is 10.4. The number of hydrogen-bond acceptors (Lipinski definition) is 2. The second-order valence-electron chi connectivity index (χ2n) is 3.96. The first-order valence-electron chi connectivity index (χ1n) is 5.80. The van der Waals surface area contributed by atoms with Gasteiger partial charge in [0.25, 0.3) is 0 Å². The van der Waals surface area contributed by atoms with Crippen molar-refractivity contribution < 1.29 is 4.79 Å². The highest BCUT2D eigenvalue weighted by atomic mass is 16.1. The predicted molar refractivity (Wildman–Crippen MR) is 67.1 cm³/mol. The summed E-state index contributed by atoms with van der Waals surface area (Å²) in [7, 11) is 0. The van der Waals surface area contributed by atoms with Gasteiger partial charge in [-0.3, -0.25) is 4.79 Å². The van der Waals surface area contributed by atoms with Gasteiger partial charge in [-0.05, 0) is 24.5 Å². The van der Waals surface area contributed by atoms with Gasteiger partial charge in [0.15, 0.2) is 0 Å². The van der Waals surface area contributed by atoms with Crippen LogP contribution in [0.4, 0.5) is 5.69 Å². The lowest BCUT2D eigenvalue weighted by molar-refractivity contribution is -0.121. The minimum atomic E-state index is 0.0478. The van der Waals surface area contributed by atoms with Crippen LogP contribution in [0, 0.1) is 0 Å². The zero-order chi connectivity index (χ0) is 12.0. The molecule has 1 aromatic rings. The van der Waals surface area contributed by atoms with Crippen LogP contribution in [-0.4, -0.2) is 11.9 Å². The average Bonchev–Trinajstić information content (AvgIpc) is 2.29. The van der Waals surface area contributed by atoms with Crippen molar-refractivity contribution in [2.75, 3.05) is 5.73 Å². The van der Waals surface area contributed by atoms with Gasteiger partial charge in [-0.25, -0.2) is 0 Å². The number of benzene rings is 1. The van der Waals surface area contributed by atoms with Crippen LogP contribution in [0.5, 0.6) is 0 Å². The van der Waals surface area contributed by atoms with Gasteiger partial charge in [0.2, 0.25) is 5.91 Å². The number of nitrogens with one attached hydrogen (secondary N) is 1. The molecule has 0 spiro atoms. The fourth-order valence-electron chi connectivity index (χ4n) is 1.64. The molecule has 0 bridgehead atoms. The van der Waals surface area contributed by atoms with Crippen LogP contribution < -0.4 is 11.1 Å². The molecule has 1 aromatic carbocycles. The Morgan fingerprint density at radius 2 is 1.94 bits per heavy atom. The average molecular weight is 220 g/mol. The molecule has 0 radical (unpaired) electrons. The summed E-state index contributed by atoms with van der Waals surface area (Å²) in [5.74, 6) is 0.0478. The third kappa shape index (κ3) is 3.57. The Bertz CT molecular complexity index is 346. The number of amides is 1. The number of nitrogens with two attached hydrogens (primary N) is 1. The van der Waals surface area contributed by atoms with E-state index in [1.807, 2.05) is 24.3 Å². The molecule has 0 aliphatic heterocycles. The minimum absolute atomic E-state index is 0.0478. The molecule has 0 heterocycles. The maximum absolute atomic E-state index is 11.7. The van der Waals surface area contributed by atoms with E-state index in [1.54, 1.807) is 0 Å². The van der Waals surface area contributed by atoms with Crippen LogP contribution >= 0.6 is 0 Å². The Morgan fingerprint density at radius 1 is 1.31 bits per heavy atom. The number of carbonyl (C=O) groups is 1. The van der Waals surface area contributed by atoms with Crippen LogP contribution in [0.3, 0.4) is 0 Å². The summed E-state index contributed by atoms with van der Waals surface area (Å²) in [5.41, 5.74) is 7.36. The van der Waals surface area contributed by atoms with Crippen molar-refractivity contribution in [2.45, 2.75) is 39.2 Å². The lowest BCUT2D eigenvalue weighted by atomic mass is 10.1. The first kappa shape index (κ1) is 12.6. The van der Waals surface area contributed by atoms with Gasteiger partial charge in [-0.2, -0.15) is 0 Å². The number of para-hydroxylation sites is 1. The SMILES string of the molecule is CCC(CC)NC(=O)Cc1ccccc1N. The quantitative estimate of drug-likeness (QED) is 0.747.